The zero-order valence-electron chi connectivity index (χ0n) is 26.1. The highest BCUT2D eigenvalue weighted by Crippen LogP contribution is 2.32. The maximum absolute atomic E-state index is 13.7. The minimum atomic E-state index is -0.494. The van der Waals surface area contributed by atoms with Crippen molar-refractivity contribution in [2.75, 3.05) is 11.9 Å². The van der Waals surface area contributed by atoms with E-state index < -0.39 is 5.92 Å². The maximum atomic E-state index is 13.7. The van der Waals surface area contributed by atoms with Crippen molar-refractivity contribution >= 4 is 34.1 Å². The second-order valence-electron chi connectivity index (χ2n) is 12.9. The van der Waals surface area contributed by atoms with E-state index in [1.54, 1.807) is 6.20 Å². The summed E-state index contributed by atoms with van der Waals surface area (Å²) in [5.41, 5.74) is 12.3. The summed E-state index contributed by atoms with van der Waals surface area (Å²) >= 11 is 0. The number of Topliss-reactive ketones (excluding diaryl/α,β-unsaturated/α-hetero) is 2. The number of nitrogens with two attached hydrogens (primary N) is 1. The molecule has 4 aromatic rings. The molecule has 1 saturated carbocycles. The van der Waals surface area contributed by atoms with Crippen LogP contribution < -0.4 is 11.1 Å². The van der Waals surface area contributed by atoms with Crippen molar-refractivity contribution in [1.82, 2.24) is 10.2 Å². The van der Waals surface area contributed by atoms with E-state index >= 15 is 0 Å². The Hall–Kier alpha value is -4.10. The third kappa shape index (κ3) is 7.69. The van der Waals surface area contributed by atoms with Crippen LogP contribution in [0.4, 0.5) is 5.69 Å². The minimum absolute atomic E-state index is 0.00446. The molecule has 1 aliphatic carbocycles. The average molecular weight is 593 g/mol. The Kier molecular flexibility index (Phi) is 10.1. The first-order chi connectivity index (χ1) is 21.2. The van der Waals surface area contributed by atoms with Crippen molar-refractivity contribution in [2.24, 2.45) is 29.4 Å². The number of amides is 1. The van der Waals surface area contributed by atoms with Gasteiger partial charge < -0.3 is 11.1 Å². The number of rotatable bonds is 12. The fourth-order valence-electron chi connectivity index (χ4n) is 6.40. The molecular formula is C37H44N4O3. The van der Waals surface area contributed by atoms with Crippen LogP contribution in [0, 0.1) is 30.6 Å². The highest BCUT2D eigenvalue weighted by molar-refractivity contribution is 5.98. The normalized spacial score (nSPS) is 17.5. The van der Waals surface area contributed by atoms with Gasteiger partial charge in [-0.2, -0.15) is 5.10 Å². The predicted molar refractivity (Wildman–Crippen MR) is 176 cm³/mol. The van der Waals surface area contributed by atoms with E-state index in [9.17, 15) is 14.4 Å². The van der Waals surface area contributed by atoms with E-state index in [1.807, 2.05) is 55.5 Å². The van der Waals surface area contributed by atoms with Crippen LogP contribution in [0.1, 0.15) is 73.9 Å². The number of nitrogens with zero attached hydrogens (tertiary/aromatic N) is 1. The van der Waals surface area contributed by atoms with Gasteiger partial charge in [0, 0.05) is 41.3 Å². The molecule has 0 unspecified atom stereocenters. The fraction of sp³-hybridized carbons (Fsp3) is 0.405. The summed E-state index contributed by atoms with van der Waals surface area (Å²) in [6, 6.07) is 19.7. The Labute approximate surface area is 260 Å². The number of anilines is 1. The summed E-state index contributed by atoms with van der Waals surface area (Å²) in [7, 11) is 0. The number of aromatic amines is 1. The lowest BCUT2D eigenvalue weighted by Crippen LogP contribution is -2.31. The summed E-state index contributed by atoms with van der Waals surface area (Å²) in [4.78, 5) is 39.7. The lowest BCUT2D eigenvalue weighted by Gasteiger charge is -2.27. The lowest BCUT2D eigenvalue weighted by molar-refractivity contribution is -0.129. The molecule has 5 rings (SSSR count). The van der Waals surface area contributed by atoms with Crippen molar-refractivity contribution in [3.05, 3.63) is 83.6 Å². The monoisotopic (exact) mass is 592 g/mol. The number of H-pyrrole nitrogens is 1. The second kappa shape index (κ2) is 14.1. The molecule has 7 nitrogen and oxygen atoms in total. The van der Waals surface area contributed by atoms with E-state index in [0.29, 0.717) is 36.9 Å². The molecule has 1 aromatic heterocycles. The van der Waals surface area contributed by atoms with Crippen LogP contribution in [0.25, 0.3) is 22.0 Å². The number of fused-ring (bicyclic) bond motifs is 1. The molecule has 1 amide bonds. The van der Waals surface area contributed by atoms with Crippen molar-refractivity contribution in [2.45, 2.75) is 65.7 Å². The van der Waals surface area contributed by atoms with Crippen LogP contribution in [0.2, 0.25) is 0 Å². The van der Waals surface area contributed by atoms with Gasteiger partial charge in [-0.25, -0.2) is 0 Å². The first-order valence-electron chi connectivity index (χ1n) is 15.9. The number of benzene rings is 3. The summed E-state index contributed by atoms with van der Waals surface area (Å²) in [6.07, 6.45) is 6.60. The van der Waals surface area contributed by atoms with Gasteiger partial charge >= 0.3 is 0 Å². The molecule has 4 N–H and O–H groups in total. The standard InChI is InChI=1S/C37H44N4O3/c1-23(2)16-35(42)29-13-15-33(24(3)17-29)27-8-4-25(5-9-27)18-31(19-36(43)28-10-6-26(21-38)7-11-28)37(44)40-32-14-12-30-22-39-41-34(30)20-32/h4-5,8-9,12-15,17,20,22-23,26,28,31H,6-7,10-11,16,18-19,21,38H2,1-3H3,(H,39,41)(H,40,44)/t26?,28?,31-/m1/s1. The molecule has 230 valence electrons. The van der Waals surface area contributed by atoms with E-state index in [-0.39, 0.29) is 29.8 Å². The molecule has 0 saturated heterocycles. The predicted octanol–water partition coefficient (Wildman–Crippen LogP) is 7.29. The Morgan fingerprint density at radius 2 is 1.70 bits per heavy atom. The summed E-state index contributed by atoms with van der Waals surface area (Å²) in [5.74, 6) is 0.497. The number of nitrogens with one attached hydrogen (secondary N) is 2. The van der Waals surface area contributed by atoms with Crippen molar-refractivity contribution < 1.29 is 14.4 Å². The number of hydrogen-bond donors (Lipinski definition) is 3. The Bertz CT molecular complexity index is 1610. The molecule has 3 aromatic carbocycles. The lowest BCUT2D eigenvalue weighted by atomic mass is 9.77. The number of ketones is 2. The highest BCUT2D eigenvalue weighted by Gasteiger charge is 2.30. The summed E-state index contributed by atoms with van der Waals surface area (Å²) < 4.78 is 0. The molecule has 7 heteroatoms. The number of aromatic nitrogens is 2. The third-order valence-electron chi connectivity index (χ3n) is 9.05. The summed E-state index contributed by atoms with van der Waals surface area (Å²) in [5, 5.41) is 11.0. The molecule has 44 heavy (non-hydrogen) atoms. The number of aryl methyl sites for hydroxylation is 1. The molecule has 1 atom stereocenters. The highest BCUT2D eigenvalue weighted by atomic mass is 16.2. The smallest absolute Gasteiger partial charge is 0.228 e. The Balaban J connectivity index is 1.31. The molecule has 1 fully saturated rings. The van der Waals surface area contributed by atoms with Crippen LogP contribution in [-0.4, -0.2) is 34.2 Å². The molecule has 0 bridgehead atoms. The zero-order chi connectivity index (χ0) is 31.2. The van der Waals surface area contributed by atoms with Crippen LogP contribution in [0.3, 0.4) is 0 Å². The molecule has 0 radical (unpaired) electrons. The first-order valence-corrected chi connectivity index (χ1v) is 15.9. The minimum Gasteiger partial charge on any atom is -0.330 e. The molecule has 1 heterocycles. The van der Waals surface area contributed by atoms with E-state index in [2.05, 4.69) is 41.5 Å². The van der Waals surface area contributed by atoms with Gasteiger partial charge in [0.05, 0.1) is 11.7 Å². The molecule has 0 aliphatic heterocycles. The molecule has 1 aliphatic rings. The van der Waals surface area contributed by atoms with Crippen molar-refractivity contribution in [3.63, 3.8) is 0 Å². The van der Waals surface area contributed by atoms with E-state index in [1.165, 1.54) is 0 Å². The summed E-state index contributed by atoms with van der Waals surface area (Å²) in [6.45, 7) is 6.81. The Morgan fingerprint density at radius 3 is 2.39 bits per heavy atom. The van der Waals surface area contributed by atoms with Gasteiger partial charge in [-0.3, -0.25) is 19.5 Å². The van der Waals surface area contributed by atoms with Gasteiger partial charge in [-0.15, -0.1) is 0 Å². The van der Waals surface area contributed by atoms with Gasteiger partial charge in [0.1, 0.15) is 5.78 Å². The van der Waals surface area contributed by atoms with E-state index in [4.69, 9.17) is 5.73 Å². The van der Waals surface area contributed by atoms with Gasteiger partial charge in [-0.1, -0.05) is 50.2 Å². The van der Waals surface area contributed by atoms with Gasteiger partial charge in [0.25, 0.3) is 0 Å². The average Bonchev–Trinajstić information content (AvgIpc) is 3.49. The van der Waals surface area contributed by atoms with Crippen molar-refractivity contribution in [3.8, 4) is 11.1 Å². The number of carbonyl (C=O) groups is 3. The van der Waals surface area contributed by atoms with Crippen LogP contribution in [-0.2, 0) is 16.0 Å². The van der Waals surface area contributed by atoms with Gasteiger partial charge in [0.15, 0.2) is 5.78 Å². The van der Waals surface area contributed by atoms with Gasteiger partial charge in [0.2, 0.25) is 5.91 Å². The van der Waals surface area contributed by atoms with Crippen LogP contribution >= 0.6 is 0 Å². The van der Waals surface area contributed by atoms with Crippen LogP contribution in [0.15, 0.2) is 66.9 Å². The largest absolute Gasteiger partial charge is 0.330 e. The number of carbonyl (C=O) groups excluding carboxylic acids is 3. The number of hydrogen-bond acceptors (Lipinski definition) is 5. The second-order valence-corrected chi connectivity index (χ2v) is 12.9. The zero-order valence-corrected chi connectivity index (χ0v) is 26.1. The van der Waals surface area contributed by atoms with Gasteiger partial charge in [-0.05, 0) is 104 Å². The first kappa shape index (κ1) is 31.3. The van der Waals surface area contributed by atoms with E-state index in [0.717, 1.165) is 64.4 Å². The topological polar surface area (TPSA) is 118 Å². The molecule has 0 spiro atoms. The van der Waals surface area contributed by atoms with Crippen molar-refractivity contribution in [1.29, 1.82) is 0 Å². The third-order valence-corrected chi connectivity index (χ3v) is 9.05. The SMILES string of the molecule is Cc1cc(C(=O)CC(C)C)ccc1-c1ccc(C[C@H](CC(=O)C2CCC(CN)CC2)C(=O)Nc2ccc3cn[nH]c3c2)cc1. The quantitative estimate of drug-likeness (QED) is 0.149. The maximum Gasteiger partial charge on any atom is 0.228 e. The Morgan fingerprint density at radius 1 is 0.955 bits per heavy atom. The molecular weight excluding hydrogens is 548 g/mol. The fourth-order valence-corrected chi connectivity index (χ4v) is 6.40. The van der Waals surface area contributed by atoms with Crippen LogP contribution in [0.5, 0.6) is 0 Å².